The third-order valence-electron chi connectivity index (χ3n) is 8.36. The molecule has 208 valence electrons. The van der Waals surface area contributed by atoms with Crippen molar-refractivity contribution in [1.29, 1.82) is 0 Å². The van der Waals surface area contributed by atoms with Gasteiger partial charge < -0.3 is 20.9 Å². The van der Waals surface area contributed by atoms with Crippen LogP contribution < -0.4 is 20.9 Å². The minimum atomic E-state index is -0.559. The third kappa shape index (κ3) is 6.20. The first-order chi connectivity index (χ1) is 18.2. The van der Waals surface area contributed by atoms with Gasteiger partial charge >= 0.3 is 0 Å². The van der Waals surface area contributed by atoms with E-state index in [0.29, 0.717) is 5.92 Å². The number of primary amides is 1. The Bertz CT molecular complexity index is 1100. The number of piperidine rings is 1. The van der Waals surface area contributed by atoms with E-state index in [1.165, 1.54) is 41.0 Å². The summed E-state index contributed by atoms with van der Waals surface area (Å²) in [5, 5.41) is 3.49. The van der Waals surface area contributed by atoms with Crippen molar-refractivity contribution in [2.45, 2.75) is 64.0 Å². The molecule has 2 aliphatic heterocycles. The van der Waals surface area contributed by atoms with Gasteiger partial charge in [-0.05, 0) is 79.6 Å². The number of hydrogen-bond acceptors (Lipinski definition) is 5. The SMILES string of the molecule is C=S(N1CCN(c2ccc(NCCCC)cc2)CC1)C1(C(N)=O)CCN(c2ccc(C)c(C(C)C)c2)CC1. The van der Waals surface area contributed by atoms with E-state index in [4.69, 9.17) is 5.73 Å². The topological polar surface area (TPSA) is 64.8 Å². The van der Waals surface area contributed by atoms with Crippen LogP contribution in [0.15, 0.2) is 42.5 Å². The summed E-state index contributed by atoms with van der Waals surface area (Å²) in [4.78, 5) is 17.8. The van der Waals surface area contributed by atoms with Crippen molar-refractivity contribution < 1.29 is 4.79 Å². The van der Waals surface area contributed by atoms with E-state index in [0.717, 1.165) is 58.7 Å². The van der Waals surface area contributed by atoms with Crippen LogP contribution in [0.4, 0.5) is 17.1 Å². The number of benzene rings is 2. The molecule has 0 spiro atoms. The lowest BCUT2D eigenvalue weighted by Gasteiger charge is -2.47. The lowest BCUT2D eigenvalue weighted by molar-refractivity contribution is -0.120. The summed E-state index contributed by atoms with van der Waals surface area (Å²) in [6, 6.07) is 15.6. The fourth-order valence-corrected chi connectivity index (χ4v) is 7.77. The molecule has 0 aromatic heterocycles. The molecular formula is C31H47N5OS. The summed E-state index contributed by atoms with van der Waals surface area (Å²) >= 11 is 0. The Morgan fingerprint density at radius 1 is 1.00 bits per heavy atom. The molecule has 1 unspecified atom stereocenters. The largest absolute Gasteiger partial charge is 0.385 e. The van der Waals surface area contributed by atoms with Gasteiger partial charge in [0.1, 0.15) is 4.75 Å². The predicted octanol–water partition coefficient (Wildman–Crippen LogP) is 5.59. The number of unbranched alkanes of at least 4 members (excludes halogenated alkanes) is 1. The summed E-state index contributed by atoms with van der Waals surface area (Å²) in [6.07, 6.45) is 3.90. The number of hydrogen-bond donors (Lipinski definition) is 2. The molecular weight excluding hydrogens is 490 g/mol. The molecule has 2 aliphatic rings. The molecule has 1 atom stereocenters. The van der Waals surface area contributed by atoms with E-state index >= 15 is 0 Å². The molecule has 2 aromatic carbocycles. The van der Waals surface area contributed by atoms with Crippen molar-refractivity contribution in [2.24, 2.45) is 5.73 Å². The van der Waals surface area contributed by atoms with Gasteiger partial charge in [-0.3, -0.25) is 9.10 Å². The van der Waals surface area contributed by atoms with Crippen molar-refractivity contribution in [3.8, 4) is 0 Å². The fourth-order valence-electron chi connectivity index (χ4n) is 5.78. The zero-order valence-corrected chi connectivity index (χ0v) is 24.7. The molecule has 6 nitrogen and oxygen atoms in total. The summed E-state index contributed by atoms with van der Waals surface area (Å²) in [5.41, 5.74) is 12.5. The normalized spacial score (nSPS) is 19.0. The second-order valence-electron chi connectivity index (χ2n) is 11.1. The van der Waals surface area contributed by atoms with E-state index < -0.39 is 15.4 Å². The van der Waals surface area contributed by atoms with Crippen LogP contribution in [0.3, 0.4) is 0 Å². The van der Waals surface area contributed by atoms with E-state index in [-0.39, 0.29) is 5.91 Å². The van der Waals surface area contributed by atoms with Gasteiger partial charge in [0.25, 0.3) is 0 Å². The maximum absolute atomic E-state index is 12.9. The number of nitrogens with one attached hydrogen (secondary N) is 1. The highest BCUT2D eigenvalue weighted by Gasteiger charge is 2.44. The standard InChI is InChI=1S/C31H47N5OS/c1-6-7-16-33-26-9-12-27(13-10-26)35-19-21-36(22-20-35)38(5)31(30(32)37)14-17-34(18-15-31)28-11-8-25(4)29(23-28)24(2)3/h8-13,23-24,33H,5-7,14-22H2,1-4H3,(H2,32,37). The maximum Gasteiger partial charge on any atom is 0.234 e. The minimum Gasteiger partial charge on any atom is -0.385 e. The lowest BCUT2D eigenvalue weighted by atomic mass is 9.93. The number of aryl methyl sites for hydroxylation is 1. The Hall–Kier alpha value is -2.51. The molecule has 2 saturated heterocycles. The summed E-state index contributed by atoms with van der Waals surface area (Å²) in [7, 11) is -0.453. The van der Waals surface area contributed by atoms with E-state index in [1.54, 1.807) is 0 Å². The highest BCUT2D eigenvalue weighted by atomic mass is 32.2. The summed E-state index contributed by atoms with van der Waals surface area (Å²) in [5.74, 6) is 4.89. The number of carbonyl (C=O) groups excluding carboxylic acids is 1. The van der Waals surface area contributed by atoms with Crippen LogP contribution in [0.2, 0.25) is 0 Å². The number of piperazine rings is 1. The first kappa shape index (κ1) is 28.5. The van der Waals surface area contributed by atoms with Gasteiger partial charge in [0, 0.05) is 62.9 Å². The molecule has 0 radical (unpaired) electrons. The molecule has 2 heterocycles. The zero-order valence-electron chi connectivity index (χ0n) is 23.8. The Balaban J connectivity index is 1.36. The molecule has 4 rings (SSSR count). The number of anilines is 3. The van der Waals surface area contributed by atoms with Crippen LogP contribution in [0.25, 0.3) is 0 Å². The van der Waals surface area contributed by atoms with Gasteiger partial charge in [0.15, 0.2) is 0 Å². The average molecular weight is 538 g/mol. The lowest BCUT2D eigenvalue weighted by Crippen LogP contribution is -2.55. The van der Waals surface area contributed by atoms with E-state index in [1.807, 2.05) is 0 Å². The van der Waals surface area contributed by atoms with Gasteiger partial charge in [-0.1, -0.05) is 39.1 Å². The van der Waals surface area contributed by atoms with Crippen molar-refractivity contribution in [1.82, 2.24) is 4.31 Å². The molecule has 2 fully saturated rings. The predicted molar refractivity (Wildman–Crippen MR) is 167 cm³/mol. The van der Waals surface area contributed by atoms with Gasteiger partial charge in [-0.2, -0.15) is 0 Å². The highest BCUT2D eigenvalue weighted by Crippen LogP contribution is 2.44. The van der Waals surface area contributed by atoms with E-state index in [2.05, 4.69) is 95.5 Å². The molecule has 3 N–H and O–H groups in total. The van der Waals surface area contributed by atoms with Crippen LogP contribution >= 0.6 is 10.7 Å². The molecule has 0 saturated carbocycles. The fraction of sp³-hybridized carbons (Fsp3) is 0.548. The average Bonchev–Trinajstić information content (AvgIpc) is 2.93. The molecule has 0 bridgehead atoms. The summed E-state index contributed by atoms with van der Waals surface area (Å²) in [6.45, 7) is 15.2. The van der Waals surface area contributed by atoms with Crippen molar-refractivity contribution in [2.75, 3.05) is 60.9 Å². The third-order valence-corrected chi connectivity index (χ3v) is 10.9. The van der Waals surface area contributed by atoms with Crippen molar-refractivity contribution >= 4 is 39.5 Å². The van der Waals surface area contributed by atoms with E-state index in [9.17, 15) is 4.79 Å². The molecule has 2 aromatic rings. The van der Waals surface area contributed by atoms with Crippen molar-refractivity contribution in [3.05, 3.63) is 53.6 Å². The molecule has 38 heavy (non-hydrogen) atoms. The minimum absolute atomic E-state index is 0.184. The van der Waals surface area contributed by atoms with Crippen LogP contribution in [0.5, 0.6) is 0 Å². The molecule has 0 aliphatic carbocycles. The van der Waals surface area contributed by atoms with Gasteiger partial charge in [-0.25, -0.2) is 0 Å². The summed E-state index contributed by atoms with van der Waals surface area (Å²) < 4.78 is 1.86. The van der Waals surface area contributed by atoms with Crippen LogP contribution in [0, 0.1) is 6.92 Å². The Labute approximate surface area is 232 Å². The first-order valence-corrected chi connectivity index (χ1v) is 15.6. The van der Waals surface area contributed by atoms with Crippen LogP contribution in [-0.2, 0) is 4.79 Å². The molecule has 7 heteroatoms. The van der Waals surface area contributed by atoms with Gasteiger partial charge in [-0.15, -0.1) is 10.7 Å². The highest BCUT2D eigenvalue weighted by molar-refractivity contribution is 8.13. The maximum atomic E-state index is 12.9. The number of rotatable bonds is 10. The van der Waals surface area contributed by atoms with Gasteiger partial charge in [0.05, 0.1) is 0 Å². The Morgan fingerprint density at radius 3 is 2.18 bits per heavy atom. The number of carbonyl (C=O) groups is 1. The second kappa shape index (κ2) is 12.6. The second-order valence-corrected chi connectivity index (χ2v) is 13.2. The smallest absolute Gasteiger partial charge is 0.234 e. The Kier molecular flexibility index (Phi) is 9.42. The zero-order chi connectivity index (χ0) is 27.3. The number of amides is 1. The number of nitrogens with zero attached hydrogens (tertiary/aromatic N) is 3. The van der Waals surface area contributed by atoms with Crippen molar-refractivity contribution in [3.63, 3.8) is 0 Å². The Morgan fingerprint density at radius 2 is 1.61 bits per heavy atom. The molecule has 1 amide bonds. The van der Waals surface area contributed by atoms with Crippen LogP contribution in [0.1, 0.15) is 63.5 Å². The van der Waals surface area contributed by atoms with Crippen LogP contribution in [-0.4, -0.2) is 66.6 Å². The number of nitrogens with two attached hydrogens (primary N) is 1. The monoisotopic (exact) mass is 537 g/mol. The first-order valence-electron chi connectivity index (χ1n) is 14.3. The van der Waals surface area contributed by atoms with Gasteiger partial charge in [0.2, 0.25) is 5.91 Å². The quantitative estimate of drug-likeness (QED) is 0.305.